The summed E-state index contributed by atoms with van der Waals surface area (Å²) in [5.74, 6) is 0. The van der Waals surface area contributed by atoms with Crippen LogP contribution in [0.25, 0.3) is 0 Å². The maximum atomic E-state index is 5.81. The van der Waals surface area contributed by atoms with Crippen LogP contribution < -0.4 is 0 Å². The van der Waals surface area contributed by atoms with Crippen LogP contribution in [0.4, 0.5) is 0 Å². The van der Waals surface area contributed by atoms with E-state index in [1.54, 1.807) is 0 Å². The van der Waals surface area contributed by atoms with Crippen molar-refractivity contribution in [2.75, 3.05) is 0 Å². The van der Waals surface area contributed by atoms with Crippen molar-refractivity contribution >= 4 is 43.5 Å². The number of nitrogens with zero attached hydrogens (tertiary/aromatic N) is 2. The lowest BCUT2D eigenvalue weighted by Crippen LogP contribution is -2.01. The lowest BCUT2D eigenvalue weighted by atomic mass is 10.2. The first-order valence-electron chi connectivity index (χ1n) is 4.28. The molecule has 0 saturated carbocycles. The van der Waals surface area contributed by atoms with Crippen LogP contribution in [-0.2, 0) is 6.54 Å². The molecule has 15 heavy (non-hydrogen) atoms. The van der Waals surface area contributed by atoms with Crippen molar-refractivity contribution < 1.29 is 0 Å². The van der Waals surface area contributed by atoms with Crippen LogP contribution in [0.15, 0.2) is 39.5 Å². The average Bonchev–Trinajstić information content (AvgIpc) is 2.49. The van der Waals surface area contributed by atoms with Gasteiger partial charge in [-0.25, -0.2) is 0 Å². The normalized spacial score (nSPS) is 10.6. The average molecular weight is 350 g/mol. The minimum Gasteiger partial charge on any atom is -0.253 e. The van der Waals surface area contributed by atoms with E-state index in [4.69, 9.17) is 11.6 Å². The van der Waals surface area contributed by atoms with Gasteiger partial charge in [-0.2, -0.15) is 5.10 Å². The molecule has 1 aromatic carbocycles. The summed E-state index contributed by atoms with van der Waals surface area (Å²) >= 11 is 12.6. The van der Waals surface area contributed by atoms with Crippen molar-refractivity contribution in [3.63, 3.8) is 0 Å². The molecule has 78 valence electrons. The number of hydrogen-bond acceptors (Lipinski definition) is 1. The number of rotatable bonds is 2. The zero-order valence-corrected chi connectivity index (χ0v) is 11.6. The molecule has 2 rings (SSSR count). The van der Waals surface area contributed by atoms with Crippen molar-refractivity contribution in [3.8, 4) is 0 Å². The van der Waals surface area contributed by atoms with Crippen LogP contribution in [0.1, 0.15) is 5.56 Å². The van der Waals surface area contributed by atoms with Gasteiger partial charge in [-0.3, -0.25) is 4.68 Å². The zero-order chi connectivity index (χ0) is 10.8. The maximum absolute atomic E-state index is 5.81. The predicted octanol–water partition coefficient (Wildman–Crippen LogP) is 4.11. The van der Waals surface area contributed by atoms with Crippen molar-refractivity contribution in [1.82, 2.24) is 9.78 Å². The molecule has 2 nitrogen and oxygen atoms in total. The van der Waals surface area contributed by atoms with Crippen LogP contribution in [0.5, 0.6) is 0 Å². The fourth-order valence-electron chi connectivity index (χ4n) is 1.24. The molecular formula is C10H7Br2ClN2. The molecule has 2 aromatic rings. The van der Waals surface area contributed by atoms with Crippen molar-refractivity contribution in [2.24, 2.45) is 0 Å². The first-order chi connectivity index (χ1) is 7.15. The highest BCUT2D eigenvalue weighted by Crippen LogP contribution is 2.18. The predicted molar refractivity (Wildman–Crippen MR) is 68.2 cm³/mol. The monoisotopic (exact) mass is 348 g/mol. The Kier molecular flexibility index (Phi) is 3.49. The molecule has 0 aliphatic carbocycles. The van der Waals surface area contributed by atoms with Gasteiger partial charge in [-0.1, -0.05) is 23.7 Å². The Morgan fingerprint density at radius 1 is 1.20 bits per heavy atom. The molecule has 0 unspecified atom stereocenters. The van der Waals surface area contributed by atoms with E-state index >= 15 is 0 Å². The van der Waals surface area contributed by atoms with E-state index in [-0.39, 0.29) is 0 Å². The van der Waals surface area contributed by atoms with Crippen LogP contribution >= 0.6 is 43.5 Å². The van der Waals surface area contributed by atoms with Gasteiger partial charge in [0.05, 0.1) is 6.54 Å². The largest absolute Gasteiger partial charge is 0.253 e. The molecule has 0 saturated heterocycles. The lowest BCUT2D eigenvalue weighted by molar-refractivity contribution is 0.667. The third kappa shape index (κ3) is 2.83. The highest BCUT2D eigenvalue weighted by Gasteiger charge is 2.03. The quantitative estimate of drug-likeness (QED) is 0.797. The summed E-state index contributed by atoms with van der Waals surface area (Å²) < 4.78 is 3.64. The van der Waals surface area contributed by atoms with E-state index in [0.29, 0.717) is 0 Å². The number of halogens is 3. The second-order valence-electron chi connectivity index (χ2n) is 3.07. The molecule has 5 heteroatoms. The molecular weight excluding hydrogens is 343 g/mol. The summed E-state index contributed by atoms with van der Waals surface area (Å²) in [6.07, 6.45) is 0. The second kappa shape index (κ2) is 4.68. The molecule has 0 spiro atoms. The SMILES string of the molecule is Clc1ccc(Cn2nc(Br)cc2Br)cc1. The van der Waals surface area contributed by atoms with Crippen molar-refractivity contribution in [1.29, 1.82) is 0 Å². The highest BCUT2D eigenvalue weighted by atomic mass is 79.9. The zero-order valence-electron chi connectivity index (χ0n) is 7.62. The Morgan fingerprint density at radius 2 is 1.87 bits per heavy atom. The fraction of sp³-hybridized carbons (Fsp3) is 0.100. The van der Waals surface area contributed by atoms with Crippen LogP contribution in [0.3, 0.4) is 0 Å². The lowest BCUT2D eigenvalue weighted by Gasteiger charge is -2.03. The van der Waals surface area contributed by atoms with Gasteiger partial charge in [-0.05, 0) is 49.6 Å². The number of benzene rings is 1. The number of aromatic nitrogens is 2. The van der Waals surface area contributed by atoms with Gasteiger partial charge in [0.25, 0.3) is 0 Å². The van der Waals surface area contributed by atoms with Crippen LogP contribution in [0, 0.1) is 0 Å². The first-order valence-corrected chi connectivity index (χ1v) is 6.25. The Hall–Kier alpha value is -0.320. The van der Waals surface area contributed by atoms with Gasteiger partial charge in [0.1, 0.15) is 9.21 Å². The molecule has 0 atom stereocenters. The van der Waals surface area contributed by atoms with Crippen molar-refractivity contribution in [2.45, 2.75) is 6.54 Å². The third-order valence-electron chi connectivity index (χ3n) is 1.95. The summed E-state index contributed by atoms with van der Waals surface area (Å²) in [5, 5.41) is 5.03. The van der Waals surface area contributed by atoms with Gasteiger partial charge in [0.2, 0.25) is 0 Å². The van der Waals surface area contributed by atoms with Gasteiger partial charge in [0, 0.05) is 11.1 Å². The topological polar surface area (TPSA) is 17.8 Å². The fourth-order valence-corrected chi connectivity index (χ4v) is 2.50. The Balaban J connectivity index is 2.21. The van der Waals surface area contributed by atoms with E-state index in [9.17, 15) is 0 Å². The van der Waals surface area contributed by atoms with Gasteiger partial charge < -0.3 is 0 Å². The molecule has 0 N–H and O–H groups in total. The Labute approximate surface area is 109 Å². The van der Waals surface area contributed by atoms with E-state index in [0.717, 1.165) is 26.3 Å². The molecule has 0 bridgehead atoms. The van der Waals surface area contributed by atoms with Crippen LogP contribution in [0.2, 0.25) is 5.02 Å². The summed E-state index contributed by atoms with van der Waals surface area (Å²) in [6.45, 7) is 0.726. The molecule has 0 amide bonds. The summed E-state index contributed by atoms with van der Waals surface area (Å²) in [4.78, 5) is 0. The van der Waals surface area contributed by atoms with E-state index in [1.165, 1.54) is 0 Å². The molecule has 0 fully saturated rings. The Bertz CT molecular complexity index is 465. The summed E-state index contributed by atoms with van der Waals surface area (Å²) in [5.41, 5.74) is 1.16. The smallest absolute Gasteiger partial charge is 0.129 e. The maximum Gasteiger partial charge on any atom is 0.129 e. The van der Waals surface area contributed by atoms with E-state index in [1.807, 2.05) is 35.0 Å². The van der Waals surface area contributed by atoms with Gasteiger partial charge in [-0.15, -0.1) is 0 Å². The second-order valence-corrected chi connectivity index (χ2v) is 5.14. The molecule has 0 aliphatic heterocycles. The highest BCUT2D eigenvalue weighted by molar-refractivity contribution is 9.11. The molecule has 1 aromatic heterocycles. The van der Waals surface area contributed by atoms with Gasteiger partial charge in [0.15, 0.2) is 0 Å². The van der Waals surface area contributed by atoms with Gasteiger partial charge >= 0.3 is 0 Å². The Morgan fingerprint density at radius 3 is 2.40 bits per heavy atom. The summed E-state index contributed by atoms with van der Waals surface area (Å²) in [6, 6.07) is 9.65. The van der Waals surface area contributed by atoms with E-state index < -0.39 is 0 Å². The van der Waals surface area contributed by atoms with Crippen LogP contribution in [-0.4, -0.2) is 9.78 Å². The first kappa shape index (κ1) is 11.2. The number of hydrogen-bond donors (Lipinski definition) is 0. The minimum atomic E-state index is 0.726. The van der Waals surface area contributed by atoms with E-state index in [2.05, 4.69) is 37.0 Å². The molecule has 0 aliphatic rings. The standard InChI is InChI=1S/C10H7Br2ClN2/c11-9-5-10(12)15(14-9)6-7-1-3-8(13)4-2-7/h1-5H,6H2. The molecule has 0 radical (unpaired) electrons. The summed E-state index contributed by atoms with van der Waals surface area (Å²) in [7, 11) is 0. The van der Waals surface area contributed by atoms with Crippen molar-refractivity contribution in [3.05, 3.63) is 50.1 Å². The minimum absolute atomic E-state index is 0.726. The molecule has 1 heterocycles. The third-order valence-corrected chi connectivity index (χ3v) is 3.22.